The number of carbonyl (C=O) groups is 1. The van der Waals surface area contributed by atoms with E-state index in [9.17, 15) is 9.90 Å². The Bertz CT molecular complexity index is 294. The molecule has 1 N–H and O–H groups in total. The van der Waals surface area contributed by atoms with Gasteiger partial charge in [0.1, 0.15) is 5.78 Å². The van der Waals surface area contributed by atoms with Gasteiger partial charge in [-0.3, -0.25) is 4.79 Å². The van der Waals surface area contributed by atoms with Crippen molar-refractivity contribution in [2.75, 3.05) is 6.61 Å². The summed E-state index contributed by atoms with van der Waals surface area (Å²) < 4.78 is 0. The summed E-state index contributed by atoms with van der Waals surface area (Å²) in [5.41, 5.74) is 0.0859. The van der Waals surface area contributed by atoms with Crippen LogP contribution in [-0.4, -0.2) is 17.5 Å². The van der Waals surface area contributed by atoms with Crippen molar-refractivity contribution in [3.8, 4) is 0 Å². The molecule has 0 aromatic carbocycles. The Morgan fingerprint density at radius 1 is 1.27 bits per heavy atom. The fourth-order valence-electron chi connectivity index (χ4n) is 5.05. The van der Waals surface area contributed by atoms with Crippen LogP contribution in [0.2, 0.25) is 0 Å². The van der Waals surface area contributed by atoms with Crippen molar-refractivity contribution >= 4 is 5.78 Å². The maximum atomic E-state index is 11.9. The number of hydrogen-bond donors (Lipinski definition) is 1. The molecule has 0 aromatic rings. The Kier molecular flexibility index (Phi) is 1.87. The van der Waals surface area contributed by atoms with Crippen molar-refractivity contribution in [1.82, 2.24) is 0 Å². The summed E-state index contributed by atoms with van der Waals surface area (Å²) in [7, 11) is 0. The van der Waals surface area contributed by atoms with E-state index < -0.39 is 0 Å². The van der Waals surface area contributed by atoms with E-state index in [1.807, 2.05) is 0 Å². The number of rotatable bonds is 2. The predicted octanol–water partition coefficient (Wildman–Crippen LogP) is 2.15. The van der Waals surface area contributed by atoms with Crippen LogP contribution < -0.4 is 0 Å². The number of aliphatic hydroxyl groups excluding tert-OH is 1. The number of hydrogen-bond acceptors (Lipinski definition) is 2. The Labute approximate surface area is 91.1 Å². The van der Waals surface area contributed by atoms with E-state index >= 15 is 0 Å². The minimum atomic E-state index is -0.0349. The first-order valence-electron chi connectivity index (χ1n) is 6.19. The van der Waals surface area contributed by atoms with E-state index in [-0.39, 0.29) is 10.8 Å². The number of aliphatic hydroxyl groups is 1. The van der Waals surface area contributed by atoms with Crippen LogP contribution in [0.15, 0.2) is 0 Å². The summed E-state index contributed by atoms with van der Waals surface area (Å²) in [6.45, 7) is 2.06. The topological polar surface area (TPSA) is 37.3 Å². The van der Waals surface area contributed by atoms with Gasteiger partial charge in [-0.05, 0) is 62.7 Å². The highest BCUT2D eigenvalue weighted by molar-refractivity contribution is 5.83. The third-order valence-electron chi connectivity index (χ3n) is 5.26. The van der Waals surface area contributed by atoms with Crippen LogP contribution in [0.3, 0.4) is 0 Å². The lowest BCUT2D eigenvalue weighted by Gasteiger charge is -2.61. The highest BCUT2D eigenvalue weighted by atomic mass is 16.3. The van der Waals surface area contributed by atoms with E-state index in [0.717, 1.165) is 31.1 Å². The van der Waals surface area contributed by atoms with Crippen LogP contribution in [0.4, 0.5) is 0 Å². The molecule has 0 spiro atoms. The van der Waals surface area contributed by atoms with Crippen molar-refractivity contribution in [3.05, 3.63) is 0 Å². The van der Waals surface area contributed by atoms with Gasteiger partial charge in [-0.1, -0.05) is 0 Å². The first-order valence-corrected chi connectivity index (χ1v) is 6.19. The maximum absolute atomic E-state index is 11.9. The molecule has 0 aromatic heterocycles. The second-order valence-corrected chi connectivity index (χ2v) is 6.46. The SMILES string of the molecule is CC(=O)C12CC3CC(CC(CO)(C3)C1)C2. The van der Waals surface area contributed by atoms with Gasteiger partial charge in [-0.2, -0.15) is 0 Å². The van der Waals surface area contributed by atoms with Crippen LogP contribution >= 0.6 is 0 Å². The van der Waals surface area contributed by atoms with Crippen molar-refractivity contribution in [1.29, 1.82) is 0 Å². The molecule has 4 fully saturated rings. The highest BCUT2D eigenvalue weighted by Crippen LogP contribution is 2.65. The zero-order chi connectivity index (χ0) is 10.7. The summed E-state index contributed by atoms with van der Waals surface area (Å²) >= 11 is 0. The zero-order valence-electron chi connectivity index (χ0n) is 9.46. The third kappa shape index (κ3) is 1.24. The van der Waals surface area contributed by atoms with E-state index in [2.05, 4.69) is 0 Å². The molecule has 2 nitrogen and oxygen atoms in total. The molecule has 2 unspecified atom stereocenters. The molecule has 4 rings (SSSR count). The quantitative estimate of drug-likeness (QED) is 0.755. The van der Waals surface area contributed by atoms with Crippen molar-refractivity contribution < 1.29 is 9.90 Å². The predicted molar refractivity (Wildman–Crippen MR) is 57.3 cm³/mol. The smallest absolute Gasteiger partial charge is 0.136 e. The minimum absolute atomic E-state index is 0.0349. The van der Waals surface area contributed by atoms with Gasteiger partial charge in [0.15, 0.2) is 0 Å². The molecule has 4 aliphatic rings. The van der Waals surface area contributed by atoms with Crippen molar-refractivity contribution in [3.63, 3.8) is 0 Å². The summed E-state index contributed by atoms with van der Waals surface area (Å²) in [5.74, 6) is 1.83. The normalized spacial score (nSPS) is 52.1. The Morgan fingerprint density at radius 3 is 2.33 bits per heavy atom. The number of carbonyl (C=O) groups excluding carboxylic acids is 1. The second-order valence-electron chi connectivity index (χ2n) is 6.46. The van der Waals surface area contributed by atoms with Crippen molar-refractivity contribution in [2.45, 2.75) is 45.4 Å². The number of ketones is 1. The molecule has 84 valence electrons. The molecule has 0 amide bonds. The summed E-state index contributed by atoms with van der Waals surface area (Å²) in [6, 6.07) is 0. The molecule has 0 saturated heterocycles. The Hall–Kier alpha value is -0.370. The zero-order valence-corrected chi connectivity index (χ0v) is 9.46. The van der Waals surface area contributed by atoms with Gasteiger partial charge >= 0.3 is 0 Å². The van der Waals surface area contributed by atoms with E-state index in [1.165, 1.54) is 19.3 Å². The van der Waals surface area contributed by atoms with E-state index in [0.29, 0.717) is 12.4 Å². The third-order valence-corrected chi connectivity index (χ3v) is 5.26. The van der Waals surface area contributed by atoms with Gasteiger partial charge in [-0.15, -0.1) is 0 Å². The lowest BCUT2D eigenvalue weighted by atomic mass is 9.43. The van der Waals surface area contributed by atoms with Crippen LogP contribution in [0.25, 0.3) is 0 Å². The molecule has 2 heteroatoms. The molecule has 4 aliphatic carbocycles. The van der Waals surface area contributed by atoms with Gasteiger partial charge in [0.25, 0.3) is 0 Å². The molecular formula is C13H20O2. The average Bonchev–Trinajstić information content (AvgIpc) is 2.15. The van der Waals surface area contributed by atoms with Crippen LogP contribution in [0.1, 0.15) is 45.4 Å². The Morgan fingerprint density at radius 2 is 1.87 bits per heavy atom. The molecule has 4 saturated carbocycles. The first-order chi connectivity index (χ1) is 7.07. The van der Waals surface area contributed by atoms with E-state index in [1.54, 1.807) is 6.92 Å². The second kappa shape index (κ2) is 2.85. The largest absolute Gasteiger partial charge is 0.396 e. The molecular weight excluding hydrogens is 188 g/mol. The summed E-state index contributed by atoms with van der Waals surface area (Å²) in [4.78, 5) is 11.9. The molecule has 15 heavy (non-hydrogen) atoms. The summed E-state index contributed by atoms with van der Waals surface area (Å²) in [5, 5.41) is 9.62. The standard InChI is InChI=1S/C13H20O2/c1-9(15)13-5-10-2-11(6-13)4-12(3-10,7-13)8-14/h10-11,14H,2-8H2,1H3. The van der Waals surface area contributed by atoms with Gasteiger partial charge in [0.05, 0.1) is 0 Å². The molecule has 0 aliphatic heterocycles. The lowest BCUT2D eigenvalue weighted by molar-refractivity contribution is -0.158. The van der Waals surface area contributed by atoms with Crippen LogP contribution in [0, 0.1) is 22.7 Å². The van der Waals surface area contributed by atoms with Gasteiger partial charge < -0.3 is 5.11 Å². The molecule has 2 atom stereocenters. The monoisotopic (exact) mass is 208 g/mol. The lowest BCUT2D eigenvalue weighted by Crippen LogP contribution is -2.55. The fourth-order valence-corrected chi connectivity index (χ4v) is 5.05. The van der Waals surface area contributed by atoms with Crippen molar-refractivity contribution in [2.24, 2.45) is 22.7 Å². The van der Waals surface area contributed by atoms with Crippen LogP contribution in [-0.2, 0) is 4.79 Å². The maximum Gasteiger partial charge on any atom is 0.136 e. The van der Waals surface area contributed by atoms with Gasteiger partial charge in [0, 0.05) is 12.0 Å². The van der Waals surface area contributed by atoms with Gasteiger partial charge in [-0.25, -0.2) is 0 Å². The fraction of sp³-hybridized carbons (Fsp3) is 0.923. The summed E-state index contributed by atoms with van der Waals surface area (Å²) in [6.07, 6.45) is 6.86. The molecule has 4 bridgehead atoms. The average molecular weight is 208 g/mol. The Balaban J connectivity index is 1.99. The van der Waals surface area contributed by atoms with Crippen LogP contribution in [0.5, 0.6) is 0 Å². The first kappa shape index (κ1) is 9.83. The van der Waals surface area contributed by atoms with E-state index in [4.69, 9.17) is 0 Å². The van der Waals surface area contributed by atoms with Gasteiger partial charge in [0.2, 0.25) is 0 Å². The highest BCUT2D eigenvalue weighted by Gasteiger charge is 2.59. The molecule has 0 heterocycles. The number of Topliss-reactive ketones (excluding diaryl/α,β-unsaturated/α-hetero) is 1. The minimum Gasteiger partial charge on any atom is -0.396 e. The molecule has 0 radical (unpaired) electrons.